The summed E-state index contributed by atoms with van der Waals surface area (Å²) >= 11 is 5.82. The van der Waals surface area contributed by atoms with Crippen LogP contribution in [0, 0.1) is 10.1 Å². The molecule has 1 saturated heterocycles. The maximum atomic E-state index is 12.3. The Balaban J connectivity index is 2.30. The molecule has 0 aromatic heterocycles. The molecular formula is C12H14ClN3O3. The molecule has 1 atom stereocenters. The van der Waals surface area contributed by atoms with Gasteiger partial charge >= 0.3 is 0 Å². The van der Waals surface area contributed by atoms with E-state index in [4.69, 9.17) is 17.3 Å². The molecule has 0 bridgehead atoms. The summed E-state index contributed by atoms with van der Waals surface area (Å²) < 4.78 is 0. The van der Waals surface area contributed by atoms with Crippen LogP contribution < -0.4 is 5.73 Å². The first-order valence-corrected chi connectivity index (χ1v) is 6.36. The second kappa shape index (κ2) is 5.54. The highest BCUT2D eigenvalue weighted by Gasteiger charge is 2.29. The lowest BCUT2D eigenvalue weighted by atomic mass is 10.1. The Hall–Kier alpha value is -1.66. The van der Waals surface area contributed by atoms with Crippen molar-refractivity contribution in [2.45, 2.75) is 18.9 Å². The number of carbonyl (C=O) groups excluding carboxylic acids is 1. The summed E-state index contributed by atoms with van der Waals surface area (Å²) in [6.07, 6.45) is 1.77. The monoisotopic (exact) mass is 283 g/mol. The van der Waals surface area contributed by atoms with Crippen molar-refractivity contribution in [2.75, 3.05) is 13.1 Å². The molecule has 2 rings (SSSR count). The standard InChI is InChI=1S/C12H14ClN3O3/c13-9-4-8(5-11(6-9)16(18)19)12(17)15-3-1-2-10(15)7-14/h4-6,10H,1-3,7,14H2. The molecule has 1 heterocycles. The largest absolute Gasteiger partial charge is 0.334 e. The molecule has 1 aromatic carbocycles. The lowest BCUT2D eigenvalue weighted by Gasteiger charge is -2.23. The van der Waals surface area contributed by atoms with Crippen molar-refractivity contribution < 1.29 is 9.72 Å². The Bertz CT molecular complexity index is 521. The van der Waals surface area contributed by atoms with Crippen LogP contribution in [0.5, 0.6) is 0 Å². The van der Waals surface area contributed by atoms with Crippen molar-refractivity contribution in [3.05, 3.63) is 38.9 Å². The molecule has 6 nitrogen and oxygen atoms in total. The zero-order chi connectivity index (χ0) is 14.0. The van der Waals surface area contributed by atoms with Crippen LogP contribution in [0.4, 0.5) is 5.69 Å². The van der Waals surface area contributed by atoms with Crippen molar-refractivity contribution in [3.8, 4) is 0 Å². The highest BCUT2D eigenvalue weighted by molar-refractivity contribution is 6.31. The van der Waals surface area contributed by atoms with Gasteiger partial charge < -0.3 is 10.6 Å². The molecule has 1 aliphatic heterocycles. The molecule has 19 heavy (non-hydrogen) atoms. The van der Waals surface area contributed by atoms with Crippen LogP contribution in [0.15, 0.2) is 18.2 Å². The number of hydrogen-bond donors (Lipinski definition) is 1. The normalized spacial score (nSPS) is 18.6. The van der Waals surface area contributed by atoms with Crippen molar-refractivity contribution in [1.82, 2.24) is 4.90 Å². The summed E-state index contributed by atoms with van der Waals surface area (Å²) in [7, 11) is 0. The van der Waals surface area contributed by atoms with Gasteiger partial charge in [0.15, 0.2) is 0 Å². The Morgan fingerprint density at radius 3 is 2.89 bits per heavy atom. The van der Waals surface area contributed by atoms with Crippen LogP contribution in [-0.4, -0.2) is 34.9 Å². The molecule has 0 aliphatic carbocycles. The molecule has 0 saturated carbocycles. The van der Waals surface area contributed by atoms with Gasteiger partial charge in [-0.3, -0.25) is 14.9 Å². The van der Waals surface area contributed by atoms with E-state index in [1.807, 2.05) is 0 Å². The highest BCUT2D eigenvalue weighted by Crippen LogP contribution is 2.24. The van der Waals surface area contributed by atoms with Crippen molar-refractivity contribution in [1.29, 1.82) is 0 Å². The second-order valence-electron chi connectivity index (χ2n) is 4.49. The van der Waals surface area contributed by atoms with Gasteiger partial charge in [0.2, 0.25) is 0 Å². The predicted molar refractivity (Wildman–Crippen MR) is 71.2 cm³/mol. The minimum Gasteiger partial charge on any atom is -0.334 e. The summed E-state index contributed by atoms with van der Waals surface area (Å²) in [6.45, 7) is 1.02. The lowest BCUT2D eigenvalue weighted by Crippen LogP contribution is -2.39. The smallest absolute Gasteiger partial charge is 0.271 e. The number of nitrogens with zero attached hydrogens (tertiary/aromatic N) is 2. The van der Waals surface area contributed by atoms with Gasteiger partial charge in [0.05, 0.1) is 4.92 Å². The molecule has 1 aromatic rings. The van der Waals surface area contributed by atoms with E-state index in [1.165, 1.54) is 18.2 Å². The van der Waals surface area contributed by atoms with Gasteiger partial charge in [0.25, 0.3) is 11.6 Å². The summed E-state index contributed by atoms with van der Waals surface area (Å²) in [5.41, 5.74) is 5.67. The number of nitro groups is 1. The Morgan fingerprint density at radius 2 is 2.26 bits per heavy atom. The number of hydrogen-bond acceptors (Lipinski definition) is 4. The average molecular weight is 284 g/mol. The molecule has 1 unspecified atom stereocenters. The van der Waals surface area contributed by atoms with Crippen molar-refractivity contribution in [2.24, 2.45) is 5.73 Å². The number of benzene rings is 1. The van der Waals surface area contributed by atoms with Gasteiger partial charge in [-0.25, -0.2) is 0 Å². The Labute approximate surface area is 115 Å². The summed E-state index contributed by atoms with van der Waals surface area (Å²) in [6, 6.07) is 3.93. The van der Waals surface area contributed by atoms with Gasteiger partial charge in [-0.05, 0) is 18.9 Å². The predicted octanol–water partition coefficient (Wildman–Crippen LogP) is 1.81. The number of nitrogens with two attached hydrogens (primary N) is 1. The van der Waals surface area contributed by atoms with E-state index in [2.05, 4.69) is 0 Å². The fourth-order valence-corrected chi connectivity index (χ4v) is 2.55. The number of rotatable bonds is 3. The van der Waals surface area contributed by atoms with Crippen LogP contribution in [0.1, 0.15) is 23.2 Å². The zero-order valence-corrected chi connectivity index (χ0v) is 11.0. The maximum Gasteiger partial charge on any atom is 0.271 e. The number of nitro benzene ring substituents is 1. The molecule has 1 amide bonds. The molecule has 1 aliphatic rings. The number of likely N-dealkylation sites (tertiary alicyclic amines) is 1. The first kappa shape index (κ1) is 13.8. The first-order valence-electron chi connectivity index (χ1n) is 5.99. The fourth-order valence-electron chi connectivity index (χ4n) is 2.32. The van der Waals surface area contributed by atoms with Gasteiger partial charge in [0.1, 0.15) is 0 Å². The van der Waals surface area contributed by atoms with Gasteiger partial charge in [-0.15, -0.1) is 0 Å². The minimum atomic E-state index is -0.562. The third-order valence-electron chi connectivity index (χ3n) is 3.25. The number of carbonyl (C=O) groups is 1. The molecule has 0 radical (unpaired) electrons. The highest BCUT2D eigenvalue weighted by atomic mass is 35.5. The fraction of sp³-hybridized carbons (Fsp3) is 0.417. The summed E-state index contributed by atoms with van der Waals surface area (Å²) in [5.74, 6) is -0.251. The molecule has 2 N–H and O–H groups in total. The average Bonchev–Trinajstić information content (AvgIpc) is 2.85. The SMILES string of the molecule is NCC1CCCN1C(=O)c1cc(Cl)cc([N+](=O)[O-])c1. The van der Waals surface area contributed by atoms with E-state index in [1.54, 1.807) is 4.90 Å². The Kier molecular flexibility index (Phi) is 4.01. The number of amides is 1. The molecule has 102 valence electrons. The summed E-state index contributed by atoms with van der Waals surface area (Å²) in [5, 5.41) is 11.0. The maximum absolute atomic E-state index is 12.3. The van der Waals surface area contributed by atoms with E-state index >= 15 is 0 Å². The Morgan fingerprint density at radius 1 is 1.53 bits per heavy atom. The minimum absolute atomic E-state index is 0.00513. The van der Waals surface area contributed by atoms with Crippen LogP contribution in [0.25, 0.3) is 0 Å². The molecule has 7 heteroatoms. The lowest BCUT2D eigenvalue weighted by molar-refractivity contribution is -0.384. The van der Waals surface area contributed by atoms with Gasteiger partial charge in [-0.1, -0.05) is 11.6 Å². The van der Waals surface area contributed by atoms with Crippen LogP contribution in [0.3, 0.4) is 0 Å². The van der Waals surface area contributed by atoms with E-state index < -0.39 is 4.92 Å². The topological polar surface area (TPSA) is 89.5 Å². The van der Waals surface area contributed by atoms with Gasteiger partial charge in [-0.2, -0.15) is 0 Å². The van der Waals surface area contributed by atoms with Crippen molar-refractivity contribution >= 4 is 23.2 Å². The first-order chi connectivity index (χ1) is 9.02. The zero-order valence-electron chi connectivity index (χ0n) is 10.2. The molecule has 0 spiro atoms. The second-order valence-corrected chi connectivity index (χ2v) is 4.92. The van der Waals surface area contributed by atoms with E-state index in [0.717, 1.165) is 12.8 Å². The van der Waals surface area contributed by atoms with Crippen molar-refractivity contribution in [3.63, 3.8) is 0 Å². The summed E-state index contributed by atoms with van der Waals surface area (Å²) in [4.78, 5) is 24.2. The van der Waals surface area contributed by atoms with E-state index in [0.29, 0.717) is 13.1 Å². The third kappa shape index (κ3) is 2.85. The van der Waals surface area contributed by atoms with E-state index in [-0.39, 0.29) is 28.2 Å². The third-order valence-corrected chi connectivity index (χ3v) is 3.47. The van der Waals surface area contributed by atoms with Crippen LogP contribution in [0.2, 0.25) is 5.02 Å². The van der Waals surface area contributed by atoms with Crippen LogP contribution >= 0.6 is 11.6 Å². The number of halogens is 1. The number of non-ortho nitro benzene ring substituents is 1. The van der Waals surface area contributed by atoms with Gasteiger partial charge in [0, 0.05) is 41.9 Å². The quantitative estimate of drug-likeness (QED) is 0.677. The van der Waals surface area contributed by atoms with Crippen LogP contribution in [-0.2, 0) is 0 Å². The molecular weight excluding hydrogens is 270 g/mol. The van der Waals surface area contributed by atoms with E-state index in [9.17, 15) is 14.9 Å². The molecule has 1 fully saturated rings.